The zero-order valence-electron chi connectivity index (χ0n) is 16.9. The van der Waals surface area contributed by atoms with Crippen molar-refractivity contribution in [1.29, 1.82) is 0 Å². The number of nitrogens with one attached hydrogen (secondary N) is 1. The minimum atomic E-state index is -3.48. The third kappa shape index (κ3) is 4.22. The first-order valence-electron chi connectivity index (χ1n) is 10.1. The maximum absolute atomic E-state index is 12.7. The van der Waals surface area contributed by atoms with Gasteiger partial charge in [0.2, 0.25) is 15.9 Å². The highest BCUT2D eigenvalue weighted by atomic mass is 32.2. The van der Waals surface area contributed by atoms with E-state index >= 15 is 0 Å². The maximum atomic E-state index is 12.7. The Kier molecular flexibility index (Phi) is 5.83. The first-order chi connectivity index (χ1) is 14.4. The molecule has 1 N–H and O–H groups in total. The number of amides is 1. The van der Waals surface area contributed by atoms with Gasteiger partial charge in [0.1, 0.15) is 5.52 Å². The summed E-state index contributed by atoms with van der Waals surface area (Å²) in [6.07, 6.45) is 2.76. The average Bonchev–Trinajstić information content (AvgIpc) is 3.40. The van der Waals surface area contributed by atoms with Crippen molar-refractivity contribution in [3.05, 3.63) is 48.0 Å². The van der Waals surface area contributed by atoms with Gasteiger partial charge in [-0.2, -0.15) is 4.31 Å². The van der Waals surface area contributed by atoms with E-state index in [9.17, 15) is 13.2 Å². The van der Waals surface area contributed by atoms with Crippen LogP contribution in [0.4, 0.5) is 5.69 Å². The Hall–Kier alpha value is -2.78. The Balaban J connectivity index is 1.39. The second-order valence-electron chi connectivity index (χ2n) is 7.54. The molecule has 2 heterocycles. The third-order valence-electron chi connectivity index (χ3n) is 5.38. The van der Waals surface area contributed by atoms with Crippen molar-refractivity contribution in [3.63, 3.8) is 0 Å². The summed E-state index contributed by atoms with van der Waals surface area (Å²) in [6, 6.07) is 12.6. The molecule has 8 nitrogen and oxygen atoms in total. The lowest BCUT2D eigenvalue weighted by Gasteiger charge is -2.15. The summed E-state index contributed by atoms with van der Waals surface area (Å²) in [5, 5.41) is 11.2. The molecule has 1 aromatic heterocycles. The summed E-state index contributed by atoms with van der Waals surface area (Å²) in [5.74, 6) is -0.0484. The molecule has 2 aromatic carbocycles. The van der Waals surface area contributed by atoms with Gasteiger partial charge in [0.25, 0.3) is 0 Å². The van der Waals surface area contributed by atoms with Crippen LogP contribution in [0.3, 0.4) is 0 Å². The molecular formula is C21H25N5O3S. The van der Waals surface area contributed by atoms with Gasteiger partial charge in [-0.25, -0.2) is 13.1 Å². The Morgan fingerprint density at radius 1 is 1.13 bits per heavy atom. The van der Waals surface area contributed by atoms with Gasteiger partial charge in [-0.3, -0.25) is 4.79 Å². The molecule has 30 heavy (non-hydrogen) atoms. The van der Waals surface area contributed by atoms with Gasteiger partial charge in [-0.1, -0.05) is 23.4 Å². The van der Waals surface area contributed by atoms with Crippen LogP contribution in [-0.4, -0.2) is 46.7 Å². The number of carbonyl (C=O) groups is 1. The molecule has 0 radical (unpaired) electrons. The van der Waals surface area contributed by atoms with E-state index in [1.165, 1.54) is 4.31 Å². The van der Waals surface area contributed by atoms with Crippen LogP contribution in [0.1, 0.15) is 31.2 Å². The summed E-state index contributed by atoms with van der Waals surface area (Å²) < 4.78 is 28.7. The summed E-state index contributed by atoms with van der Waals surface area (Å²) in [6.45, 7) is 3.61. The first kappa shape index (κ1) is 20.5. The lowest BCUT2D eigenvalue weighted by molar-refractivity contribution is -0.116. The fourth-order valence-corrected chi connectivity index (χ4v) is 5.21. The quantitative estimate of drug-likeness (QED) is 0.625. The van der Waals surface area contributed by atoms with E-state index in [1.54, 1.807) is 22.9 Å². The molecule has 3 aromatic rings. The smallest absolute Gasteiger partial charge is 0.243 e. The number of hydrogen-bond donors (Lipinski definition) is 1. The molecule has 0 saturated carbocycles. The molecule has 0 bridgehead atoms. The van der Waals surface area contributed by atoms with Crippen LogP contribution >= 0.6 is 0 Å². The van der Waals surface area contributed by atoms with Crippen LogP contribution in [-0.2, 0) is 21.4 Å². The van der Waals surface area contributed by atoms with E-state index in [-0.39, 0.29) is 10.8 Å². The standard InChI is InChI=1S/C21H25N5O3S/c1-16-7-2-3-8-18(16)22-21(27)9-6-14-26-20-11-10-17(15-19(20)23-24-26)30(28,29)25-12-4-5-13-25/h2-3,7-8,10-11,15H,4-6,9,12-14H2,1H3,(H,22,27). The zero-order chi connectivity index (χ0) is 21.1. The van der Waals surface area contributed by atoms with Crippen molar-refractivity contribution in [2.75, 3.05) is 18.4 Å². The lowest BCUT2D eigenvalue weighted by atomic mass is 10.2. The Labute approximate surface area is 175 Å². The van der Waals surface area contributed by atoms with E-state index in [0.717, 1.165) is 29.6 Å². The van der Waals surface area contributed by atoms with Crippen molar-refractivity contribution < 1.29 is 13.2 Å². The third-order valence-corrected chi connectivity index (χ3v) is 7.28. The largest absolute Gasteiger partial charge is 0.326 e. The molecular weight excluding hydrogens is 402 g/mol. The van der Waals surface area contributed by atoms with Crippen molar-refractivity contribution in [3.8, 4) is 0 Å². The highest BCUT2D eigenvalue weighted by Crippen LogP contribution is 2.24. The van der Waals surface area contributed by atoms with Crippen LogP contribution in [0.5, 0.6) is 0 Å². The van der Waals surface area contributed by atoms with Gasteiger partial charge < -0.3 is 5.32 Å². The minimum absolute atomic E-state index is 0.0484. The van der Waals surface area contributed by atoms with Crippen molar-refractivity contribution in [2.45, 2.75) is 44.0 Å². The molecule has 1 amide bonds. The molecule has 0 atom stereocenters. The highest BCUT2D eigenvalue weighted by Gasteiger charge is 2.27. The van der Waals surface area contributed by atoms with Crippen molar-refractivity contribution in [1.82, 2.24) is 19.3 Å². The summed E-state index contributed by atoms with van der Waals surface area (Å²) in [4.78, 5) is 12.5. The Bertz CT molecular complexity index is 1170. The fraction of sp³-hybridized carbons (Fsp3) is 0.381. The van der Waals surface area contributed by atoms with Crippen LogP contribution in [0, 0.1) is 6.92 Å². The molecule has 1 aliphatic rings. The minimum Gasteiger partial charge on any atom is -0.326 e. The molecule has 9 heteroatoms. The Morgan fingerprint density at radius 2 is 1.90 bits per heavy atom. The monoisotopic (exact) mass is 427 g/mol. The topological polar surface area (TPSA) is 97.2 Å². The van der Waals surface area contributed by atoms with Crippen LogP contribution in [0.2, 0.25) is 0 Å². The van der Waals surface area contributed by atoms with Gasteiger partial charge in [-0.05, 0) is 56.0 Å². The van der Waals surface area contributed by atoms with Gasteiger partial charge >= 0.3 is 0 Å². The lowest BCUT2D eigenvalue weighted by Crippen LogP contribution is -2.27. The van der Waals surface area contributed by atoms with Gasteiger partial charge in [0.05, 0.1) is 10.4 Å². The van der Waals surface area contributed by atoms with Crippen LogP contribution in [0.15, 0.2) is 47.4 Å². The summed E-state index contributed by atoms with van der Waals surface area (Å²) >= 11 is 0. The van der Waals surface area contributed by atoms with Gasteiger partial charge in [0, 0.05) is 31.7 Å². The maximum Gasteiger partial charge on any atom is 0.243 e. The second-order valence-corrected chi connectivity index (χ2v) is 9.48. The van der Waals surface area contributed by atoms with E-state index in [2.05, 4.69) is 15.6 Å². The summed E-state index contributed by atoms with van der Waals surface area (Å²) in [5.41, 5.74) is 3.14. The highest BCUT2D eigenvalue weighted by molar-refractivity contribution is 7.89. The van der Waals surface area contributed by atoms with Crippen LogP contribution < -0.4 is 5.32 Å². The normalized spacial score (nSPS) is 15.0. The molecule has 0 unspecified atom stereocenters. The zero-order valence-corrected chi connectivity index (χ0v) is 17.7. The number of sulfonamides is 1. The molecule has 0 spiro atoms. The van der Waals surface area contributed by atoms with Crippen LogP contribution in [0.25, 0.3) is 11.0 Å². The second kappa shape index (κ2) is 8.53. The number of aromatic nitrogens is 3. The van der Waals surface area contributed by atoms with Crippen molar-refractivity contribution >= 4 is 32.7 Å². The molecule has 0 aliphatic carbocycles. The molecule has 1 aliphatic heterocycles. The number of hydrogen-bond acceptors (Lipinski definition) is 5. The number of nitrogens with zero attached hydrogens (tertiary/aromatic N) is 4. The molecule has 4 rings (SSSR count). The molecule has 1 saturated heterocycles. The number of rotatable bonds is 7. The Morgan fingerprint density at radius 3 is 2.67 bits per heavy atom. The van der Waals surface area contributed by atoms with E-state index in [0.29, 0.717) is 38.0 Å². The number of carbonyl (C=O) groups excluding carboxylic acids is 1. The molecule has 158 valence electrons. The predicted molar refractivity (Wildman–Crippen MR) is 115 cm³/mol. The van der Waals surface area contributed by atoms with E-state index < -0.39 is 10.0 Å². The molecule has 1 fully saturated rings. The summed E-state index contributed by atoms with van der Waals surface area (Å²) in [7, 11) is -3.48. The van der Waals surface area contributed by atoms with Crippen molar-refractivity contribution in [2.24, 2.45) is 0 Å². The number of fused-ring (bicyclic) bond motifs is 1. The number of anilines is 1. The predicted octanol–water partition coefficient (Wildman–Crippen LogP) is 2.94. The number of benzene rings is 2. The average molecular weight is 428 g/mol. The first-order valence-corrected chi connectivity index (χ1v) is 11.6. The number of para-hydroxylation sites is 1. The van der Waals surface area contributed by atoms with Gasteiger partial charge in [-0.15, -0.1) is 5.10 Å². The SMILES string of the molecule is Cc1ccccc1NC(=O)CCCn1nnc2cc(S(=O)(=O)N3CCCC3)ccc21. The number of aryl methyl sites for hydroxylation is 2. The fourth-order valence-electron chi connectivity index (χ4n) is 3.67. The van der Waals surface area contributed by atoms with Gasteiger partial charge in [0.15, 0.2) is 0 Å². The van der Waals surface area contributed by atoms with E-state index in [4.69, 9.17) is 0 Å². The van der Waals surface area contributed by atoms with E-state index in [1.807, 2.05) is 31.2 Å².